The highest BCUT2D eigenvalue weighted by Gasteiger charge is 2.29. The number of aromatic nitrogens is 1. The van der Waals surface area contributed by atoms with Crippen molar-refractivity contribution in [3.8, 4) is 6.07 Å². The fourth-order valence-corrected chi connectivity index (χ4v) is 4.05. The van der Waals surface area contributed by atoms with Crippen LogP contribution in [0.3, 0.4) is 0 Å². The molecule has 1 fully saturated rings. The van der Waals surface area contributed by atoms with Crippen molar-refractivity contribution in [3.63, 3.8) is 0 Å². The van der Waals surface area contributed by atoms with Crippen molar-refractivity contribution in [2.24, 2.45) is 21.6 Å². The van der Waals surface area contributed by atoms with Crippen LogP contribution in [0.2, 0.25) is 0 Å². The number of nitrogens with zero attached hydrogens (tertiary/aromatic N) is 4. The molecule has 2 unspecified atom stereocenters. The molecule has 162 valence electrons. The van der Waals surface area contributed by atoms with Gasteiger partial charge in [0.2, 0.25) is 0 Å². The first kappa shape index (κ1) is 21.1. The van der Waals surface area contributed by atoms with Crippen molar-refractivity contribution in [2.75, 3.05) is 26.2 Å². The SMILES string of the molecule is C[C@H](NC1N=CN=C(N)C1C#N)c1[nH]c2ccc(F)cc2c(=O)c1CN1CCNCC1. The Morgan fingerprint density at radius 2 is 2.19 bits per heavy atom. The predicted molar refractivity (Wildman–Crippen MR) is 117 cm³/mol. The smallest absolute Gasteiger partial charge is 0.194 e. The molecular weight excluding hydrogens is 399 g/mol. The summed E-state index contributed by atoms with van der Waals surface area (Å²) in [6.45, 7) is 5.68. The van der Waals surface area contributed by atoms with E-state index >= 15 is 0 Å². The van der Waals surface area contributed by atoms with Crippen molar-refractivity contribution < 1.29 is 4.39 Å². The van der Waals surface area contributed by atoms with Gasteiger partial charge in [0.1, 0.15) is 30.1 Å². The number of nitrogens with one attached hydrogen (secondary N) is 3. The van der Waals surface area contributed by atoms with Gasteiger partial charge in [0.05, 0.1) is 6.07 Å². The molecule has 0 aliphatic carbocycles. The van der Waals surface area contributed by atoms with Gasteiger partial charge in [-0.2, -0.15) is 5.26 Å². The van der Waals surface area contributed by atoms with Crippen LogP contribution in [0.5, 0.6) is 0 Å². The van der Waals surface area contributed by atoms with Gasteiger partial charge in [0.25, 0.3) is 0 Å². The van der Waals surface area contributed by atoms with Crippen LogP contribution < -0.4 is 21.8 Å². The molecule has 31 heavy (non-hydrogen) atoms. The Kier molecular flexibility index (Phi) is 6.08. The number of aliphatic imine (C=N–C) groups is 2. The molecule has 3 atom stereocenters. The van der Waals surface area contributed by atoms with E-state index in [1.54, 1.807) is 6.07 Å². The van der Waals surface area contributed by atoms with Gasteiger partial charge in [-0.1, -0.05) is 0 Å². The number of halogens is 1. The molecule has 3 heterocycles. The molecule has 0 radical (unpaired) electrons. The molecule has 0 spiro atoms. The van der Waals surface area contributed by atoms with E-state index in [9.17, 15) is 14.4 Å². The Labute approximate surface area is 178 Å². The largest absolute Gasteiger partial charge is 0.386 e. The van der Waals surface area contributed by atoms with Gasteiger partial charge >= 0.3 is 0 Å². The highest BCUT2D eigenvalue weighted by molar-refractivity contribution is 5.93. The summed E-state index contributed by atoms with van der Waals surface area (Å²) in [5, 5.41) is 16.4. The zero-order chi connectivity index (χ0) is 22.0. The minimum Gasteiger partial charge on any atom is -0.386 e. The summed E-state index contributed by atoms with van der Waals surface area (Å²) in [5.74, 6) is -0.954. The Hall–Kier alpha value is -3.13. The first-order valence-corrected chi connectivity index (χ1v) is 10.3. The number of H-pyrrole nitrogens is 1. The van der Waals surface area contributed by atoms with Crippen molar-refractivity contribution in [2.45, 2.75) is 25.7 Å². The van der Waals surface area contributed by atoms with Crippen LogP contribution in [0.4, 0.5) is 4.39 Å². The molecule has 2 aliphatic heterocycles. The number of amidine groups is 1. The summed E-state index contributed by atoms with van der Waals surface area (Å²) in [7, 11) is 0. The summed E-state index contributed by atoms with van der Waals surface area (Å²) >= 11 is 0. The Morgan fingerprint density at radius 3 is 2.94 bits per heavy atom. The maximum atomic E-state index is 13.8. The molecule has 4 rings (SSSR count). The lowest BCUT2D eigenvalue weighted by atomic mass is 10.0. The summed E-state index contributed by atoms with van der Waals surface area (Å²) in [6.07, 6.45) is 0.748. The third kappa shape index (κ3) is 4.34. The zero-order valence-corrected chi connectivity index (χ0v) is 17.2. The second-order valence-corrected chi connectivity index (χ2v) is 7.82. The van der Waals surface area contributed by atoms with Gasteiger partial charge in [-0.15, -0.1) is 0 Å². The third-order valence-electron chi connectivity index (χ3n) is 5.75. The van der Waals surface area contributed by atoms with Crippen LogP contribution in [0.1, 0.15) is 24.2 Å². The van der Waals surface area contributed by atoms with Gasteiger partial charge < -0.3 is 16.0 Å². The van der Waals surface area contributed by atoms with E-state index in [2.05, 4.69) is 36.6 Å². The van der Waals surface area contributed by atoms with E-state index < -0.39 is 17.9 Å². The van der Waals surface area contributed by atoms with Crippen LogP contribution in [-0.2, 0) is 6.54 Å². The van der Waals surface area contributed by atoms with Gasteiger partial charge in [-0.3, -0.25) is 20.0 Å². The number of aromatic amines is 1. The van der Waals surface area contributed by atoms with E-state index in [0.717, 1.165) is 26.2 Å². The normalized spacial score (nSPS) is 22.8. The number of fused-ring (bicyclic) bond motifs is 1. The molecular formula is C21H25FN8O. The Balaban J connectivity index is 1.72. The van der Waals surface area contributed by atoms with Gasteiger partial charge in [0.15, 0.2) is 5.43 Å². The molecule has 0 amide bonds. The highest BCUT2D eigenvalue weighted by atomic mass is 19.1. The fourth-order valence-electron chi connectivity index (χ4n) is 4.05. The Morgan fingerprint density at radius 1 is 1.42 bits per heavy atom. The van der Waals surface area contributed by atoms with Crippen LogP contribution in [0, 0.1) is 23.1 Å². The number of hydrogen-bond acceptors (Lipinski definition) is 8. The molecule has 10 heteroatoms. The van der Waals surface area contributed by atoms with Gasteiger partial charge in [-0.05, 0) is 25.1 Å². The first-order chi connectivity index (χ1) is 15.0. The molecule has 0 saturated carbocycles. The first-order valence-electron chi connectivity index (χ1n) is 10.3. The maximum absolute atomic E-state index is 13.8. The molecule has 2 aliphatic rings. The summed E-state index contributed by atoms with van der Waals surface area (Å²) in [5.41, 5.74) is 7.49. The van der Waals surface area contributed by atoms with Crippen molar-refractivity contribution in [1.82, 2.24) is 20.5 Å². The van der Waals surface area contributed by atoms with Gasteiger partial charge in [-0.25, -0.2) is 9.38 Å². The van der Waals surface area contributed by atoms with Crippen LogP contribution in [0.25, 0.3) is 10.9 Å². The number of nitriles is 1. The molecule has 1 aromatic carbocycles. The lowest BCUT2D eigenvalue weighted by Gasteiger charge is -2.30. The Bertz CT molecular complexity index is 1130. The number of piperazine rings is 1. The fraction of sp³-hybridized carbons (Fsp3) is 0.429. The van der Waals surface area contributed by atoms with E-state index in [-0.39, 0.29) is 17.3 Å². The quantitative estimate of drug-likeness (QED) is 0.555. The topological polar surface area (TPSA) is 135 Å². The predicted octanol–water partition coefficient (Wildman–Crippen LogP) is 0.588. The average molecular weight is 424 g/mol. The van der Waals surface area contributed by atoms with Crippen LogP contribution in [0.15, 0.2) is 33.0 Å². The van der Waals surface area contributed by atoms with Crippen LogP contribution >= 0.6 is 0 Å². The number of hydrogen-bond donors (Lipinski definition) is 4. The van der Waals surface area contributed by atoms with Crippen molar-refractivity contribution >= 4 is 23.1 Å². The van der Waals surface area contributed by atoms with E-state index in [0.29, 0.717) is 28.7 Å². The monoisotopic (exact) mass is 424 g/mol. The zero-order valence-electron chi connectivity index (χ0n) is 17.2. The molecule has 0 bridgehead atoms. The number of benzene rings is 1. The number of rotatable bonds is 5. The lowest BCUT2D eigenvalue weighted by Crippen LogP contribution is -2.45. The second kappa shape index (κ2) is 8.93. The van der Waals surface area contributed by atoms with Crippen LogP contribution in [-0.4, -0.2) is 54.4 Å². The van der Waals surface area contributed by atoms with E-state index in [4.69, 9.17) is 5.73 Å². The average Bonchev–Trinajstić information content (AvgIpc) is 2.77. The van der Waals surface area contributed by atoms with E-state index in [1.165, 1.54) is 18.5 Å². The maximum Gasteiger partial charge on any atom is 0.194 e. The summed E-state index contributed by atoms with van der Waals surface area (Å²) in [4.78, 5) is 27.0. The van der Waals surface area contributed by atoms with Crippen molar-refractivity contribution in [1.29, 1.82) is 5.26 Å². The molecule has 1 aromatic heterocycles. The van der Waals surface area contributed by atoms with Gasteiger partial charge in [0, 0.05) is 60.9 Å². The van der Waals surface area contributed by atoms with Crippen molar-refractivity contribution in [3.05, 3.63) is 45.5 Å². The number of pyridine rings is 1. The third-order valence-corrected chi connectivity index (χ3v) is 5.75. The molecule has 5 N–H and O–H groups in total. The molecule has 1 saturated heterocycles. The number of nitrogens with two attached hydrogens (primary N) is 1. The second-order valence-electron chi connectivity index (χ2n) is 7.82. The summed E-state index contributed by atoms with van der Waals surface area (Å²) < 4.78 is 13.8. The highest BCUT2D eigenvalue weighted by Crippen LogP contribution is 2.22. The van der Waals surface area contributed by atoms with E-state index in [1.807, 2.05) is 6.92 Å². The lowest BCUT2D eigenvalue weighted by molar-refractivity contribution is 0.231. The molecule has 2 aromatic rings. The molecule has 9 nitrogen and oxygen atoms in total. The minimum absolute atomic E-state index is 0.194. The summed E-state index contributed by atoms with van der Waals surface area (Å²) in [6, 6.07) is 5.94. The minimum atomic E-state index is -0.703. The standard InChI is InChI=1S/C21H25FN8O/c1-12(28-21-15(9-23)20(24)26-11-27-21)18-16(10-30-6-4-25-5-7-30)19(31)14-8-13(22)2-3-17(14)29-18/h2-3,8,11-12,15,21,25,28H,4-7,10H2,1H3,(H,29,31)(H2,24,26,27)/t12-,15?,21?/m0/s1.